The number of rotatable bonds is 7. The Morgan fingerprint density at radius 3 is 2.48 bits per heavy atom. The molecule has 2 unspecified atom stereocenters. The van der Waals surface area contributed by atoms with E-state index in [2.05, 4.69) is 5.32 Å². The highest BCUT2D eigenvalue weighted by Crippen LogP contribution is 2.49. The predicted molar refractivity (Wildman–Crippen MR) is 81.5 cm³/mol. The predicted octanol–water partition coefficient (Wildman–Crippen LogP) is 2.02. The zero-order valence-electron chi connectivity index (χ0n) is 11.9. The molecule has 1 amide bonds. The molecule has 1 fully saturated rings. The number of carbonyl (C=O) groups is 2. The highest BCUT2D eigenvalue weighted by Gasteiger charge is 2.46. The molecular weight excluding hydrogens is 290 g/mol. The molecule has 1 saturated carbocycles. The molecule has 0 radical (unpaired) electrons. The topological polar surface area (TPSA) is 83.5 Å². The SMILES string of the molecule is CC(C(=O)Nc1ccccc1)S(=O)CC1(CC(=O)O)CC1. The van der Waals surface area contributed by atoms with Gasteiger partial charge in [-0.25, -0.2) is 0 Å². The summed E-state index contributed by atoms with van der Waals surface area (Å²) in [5, 5.41) is 10.9. The molecule has 0 bridgehead atoms. The Hall–Kier alpha value is -1.69. The summed E-state index contributed by atoms with van der Waals surface area (Å²) in [6, 6.07) is 8.99. The van der Waals surface area contributed by atoms with E-state index in [1.54, 1.807) is 19.1 Å². The van der Waals surface area contributed by atoms with E-state index in [-0.39, 0.29) is 23.5 Å². The third-order valence-corrected chi connectivity index (χ3v) is 5.64. The fourth-order valence-corrected chi connectivity index (χ4v) is 3.72. The number of carbonyl (C=O) groups excluding carboxylic acids is 1. The molecule has 1 aliphatic rings. The van der Waals surface area contributed by atoms with Crippen molar-refractivity contribution in [2.45, 2.75) is 31.4 Å². The van der Waals surface area contributed by atoms with Crippen LogP contribution in [0.3, 0.4) is 0 Å². The normalized spacial score (nSPS) is 18.5. The van der Waals surface area contributed by atoms with Crippen molar-refractivity contribution < 1.29 is 18.9 Å². The maximum Gasteiger partial charge on any atom is 0.303 e. The van der Waals surface area contributed by atoms with E-state index in [1.807, 2.05) is 18.2 Å². The Bertz CT molecular complexity index is 554. The van der Waals surface area contributed by atoms with E-state index < -0.39 is 22.0 Å². The second-order valence-corrected chi connectivity index (χ2v) is 7.35. The van der Waals surface area contributed by atoms with Gasteiger partial charge in [-0.3, -0.25) is 13.8 Å². The average molecular weight is 309 g/mol. The summed E-state index contributed by atoms with van der Waals surface area (Å²) in [6.07, 6.45) is 1.59. The largest absolute Gasteiger partial charge is 0.481 e. The van der Waals surface area contributed by atoms with Gasteiger partial charge in [0.1, 0.15) is 5.25 Å². The minimum atomic E-state index is -1.37. The molecule has 21 heavy (non-hydrogen) atoms. The van der Waals surface area contributed by atoms with Crippen molar-refractivity contribution in [2.75, 3.05) is 11.1 Å². The lowest BCUT2D eigenvalue weighted by molar-refractivity contribution is -0.138. The van der Waals surface area contributed by atoms with Gasteiger partial charge in [-0.15, -0.1) is 0 Å². The summed E-state index contributed by atoms with van der Waals surface area (Å²) in [7, 11) is -1.37. The van der Waals surface area contributed by atoms with Crippen LogP contribution in [0.5, 0.6) is 0 Å². The molecule has 0 spiro atoms. The minimum absolute atomic E-state index is 0.0335. The van der Waals surface area contributed by atoms with Crippen molar-refractivity contribution in [1.82, 2.24) is 0 Å². The van der Waals surface area contributed by atoms with Crippen LogP contribution in [0.25, 0.3) is 0 Å². The highest BCUT2D eigenvalue weighted by molar-refractivity contribution is 7.86. The molecule has 114 valence electrons. The van der Waals surface area contributed by atoms with Crippen LogP contribution in [0, 0.1) is 5.41 Å². The van der Waals surface area contributed by atoms with Crippen LogP contribution in [0.2, 0.25) is 0 Å². The maximum atomic E-state index is 12.3. The number of anilines is 1. The molecule has 1 aromatic rings. The highest BCUT2D eigenvalue weighted by atomic mass is 32.2. The first-order chi connectivity index (χ1) is 9.92. The summed E-state index contributed by atoms with van der Waals surface area (Å²) in [5.74, 6) is -0.889. The monoisotopic (exact) mass is 309 g/mol. The molecule has 0 saturated heterocycles. The second-order valence-electron chi connectivity index (χ2n) is 5.59. The first-order valence-corrected chi connectivity index (χ1v) is 8.25. The standard InChI is InChI=1S/C15H19NO4S/c1-11(14(19)16-12-5-3-2-4-6-12)21(20)10-15(7-8-15)9-13(17)18/h2-6,11H,7-10H2,1H3,(H,16,19)(H,17,18). The van der Waals surface area contributed by atoms with Gasteiger partial charge in [0, 0.05) is 22.2 Å². The molecule has 2 atom stereocenters. The third kappa shape index (κ3) is 4.39. The van der Waals surface area contributed by atoms with Gasteiger partial charge in [0.2, 0.25) is 5.91 Å². The Morgan fingerprint density at radius 2 is 1.95 bits per heavy atom. The summed E-state index contributed by atoms with van der Waals surface area (Å²) in [6.45, 7) is 1.62. The number of nitrogens with one attached hydrogen (secondary N) is 1. The van der Waals surface area contributed by atoms with Crippen molar-refractivity contribution in [3.63, 3.8) is 0 Å². The molecule has 1 aromatic carbocycles. The van der Waals surface area contributed by atoms with E-state index >= 15 is 0 Å². The van der Waals surface area contributed by atoms with Crippen LogP contribution in [0.4, 0.5) is 5.69 Å². The van der Waals surface area contributed by atoms with Crippen LogP contribution in [-0.4, -0.2) is 32.2 Å². The molecule has 0 aliphatic heterocycles. The number of benzene rings is 1. The van der Waals surface area contributed by atoms with Crippen molar-refractivity contribution >= 4 is 28.4 Å². The lowest BCUT2D eigenvalue weighted by Gasteiger charge is -2.16. The number of carboxylic acids is 1. The Labute approximate surface area is 126 Å². The zero-order chi connectivity index (χ0) is 15.5. The number of aliphatic carboxylic acids is 1. The van der Waals surface area contributed by atoms with Gasteiger partial charge < -0.3 is 10.4 Å². The molecule has 0 aromatic heterocycles. The number of para-hydroxylation sites is 1. The molecule has 2 N–H and O–H groups in total. The quantitative estimate of drug-likeness (QED) is 0.807. The summed E-state index contributed by atoms with van der Waals surface area (Å²) in [5.41, 5.74) is 0.302. The summed E-state index contributed by atoms with van der Waals surface area (Å²) < 4.78 is 12.3. The van der Waals surface area contributed by atoms with Crippen LogP contribution in [0.1, 0.15) is 26.2 Å². The van der Waals surface area contributed by atoms with Crippen molar-refractivity contribution in [2.24, 2.45) is 5.41 Å². The summed E-state index contributed by atoms with van der Waals surface area (Å²) in [4.78, 5) is 22.9. The molecule has 0 heterocycles. The van der Waals surface area contributed by atoms with Crippen LogP contribution in [0.15, 0.2) is 30.3 Å². The van der Waals surface area contributed by atoms with Gasteiger partial charge in [-0.1, -0.05) is 18.2 Å². The van der Waals surface area contributed by atoms with Gasteiger partial charge in [0.15, 0.2) is 0 Å². The molecule has 1 aliphatic carbocycles. The zero-order valence-corrected chi connectivity index (χ0v) is 12.7. The average Bonchev–Trinajstić information content (AvgIpc) is 3.17. The van der Waals surface area contributed by atoms with Gasteiger partial charge in [0.25, 0.3) is 0 Å². The Balaban J connectivity index is 1.90. The van der Waals surface area contributed by atoms with E-state index in [1.165, 1.54) is 0 Å². The van der Waals surface area contributed by atoms with Gasteiger partial charge >= 0.3 is 5.97 Å². The van der Waals surface area contributed by atoms with Crippen molar-refractivity contribution in [1.29, 1.82) is 0 Å². The van der Waals surface area contributed by atoms with Gasteiger partial charge in [-0.05, 0) is 37.3 Å². The third-order valence-electron chi connectivity index (χ3n) is 3.74. The van der Waals surface area contributed by atoms with Crippen LogP contribution < -0.4 is 5.32 Å². The molecule has 2 rings (SSSR count). The smallest absolute Gasteiger partial charge is 0.303 e. The van der Waals surface area contributed by atoms with Gasteiger partial charge in [0.05, 0.1) is 6.42 Å². The lowest BCUT2D eigenvalue weighted by atomic mass is 10.1. The first kappa shape index (κ1) is 15.7. The first-order valence-electron chi connectivity index (χ1n) is 6.87. The number of hydrogen-bond donors (Lipinski definition) is 2. The van der Waals surface area contributed by atoms with E-state index in [9.17, 15) is 13.8 Å². The van der Waals surface area contributed by atoms with Gasteiger partial charge in [-0.2, -0.15) is 0 Å². The van der Waals surface area contributed by atoms with E-state index in [4.69, 9.17) is 5.11 Å². The Kier molecular flexibility index (Phi) is 4.77. The number of hydrogen-bond acceptors (Lipinski definition) is 3. The fourth-order valence-electron chi connectivity index (χ4n) is 2.18. The van der Waals surface area contributed by atoms with Crippen molar-refractivity contribution in [3.8, 4) is 0 Å². The lowest BCUT2D eigenvalue weighted by Crippen LogP contribution is -2.32. The molecule has 5 nitrogen and oxygen atoms in total. The van der Waals surface area contributed by atoms with E-state index in [0.29, 0.717) is 5.69 Å². The minimum Gasteiger partial charge on any atom is -0.481 e. The second kappa shape index (κ2) is 6.39. The number of carboxylic acid groups (broad SMARTS) is 1. The van der Waals surface area contributed by atoms with Crippen LogP contribution >= 0.6 is 0 Å². The van der Waals surface area contributed by atoms with Crippen molar-refractivity contribution in [3.05, 3.63) is 30.3 Å². The fraction of sp³-hybridized carbons (Fsp3) is 0.467. The summed E-state index contributed by atoms with van der Waals surface area (Å²) >= 11 is 0. The molecule has 6 heteroatoms. The van der Waals surface area contributed by atoms with E-state index in [0.717, 1.165) is 12.8 Å². The maximum absolute atomic E-state index is 12.3. The number of amides is 1. The Morgan fingerprint density at radius 1 is 1.33 bits per heavy atom. The molecular formula is C15H19NO4S. The van der Waals surface area contributed by atoms with Crippen LogP contribution in [-0.2, 0) is 20.4 Å².